The standard InChI is InChI=1S/C14H19FN4/c1-10(2)7-16-8-14-9-17-18-19(14)13-5-11(3)4-12(15)6-13/h4-6,9-10,16H,7-8H2,1-3H3. The van der Waals surface area contributed by atoms with Crippen LogP contribution in [0.4, 0.5) is 4.39 Å². The van der Waals surface area contributed by atoms with Crippen LogP contribution in [0, 0.1) is 18.7 Å². The second-order valence-corrected chi connectivity index (χ2v) is 5.15. The van der Waals surface area contributed by atoms with Crippen molar-refractivity contribution in [1.29, 1.82) is 0 Å². The van der Waals surface area contributed by atoms with Gasteiger partial charge in [-0.25, -0.2) is 9.07 Å². The predicted octanol–water partition coefficient (Wildman–Crippen LogP) is 2.46. The molecule has 1 heterocycles. The van der Waals surface area contributed by atoms with Gasteiger partial charge in [0, 0.05) is 6.54 Å². The van der Waals surface area contributed by atoms with Gasteiger partial charge in [0.1, 0.15) is 5.82 Å². The Morgan fingerprint density at radius 3 is 2.79 bits per heavy atom. The Morgan fingerprint density at radius 2 is 2.11 bits per heavy atom. The maximum atomic E-state index is 13.4. The van der Waals surface area contributed by atoms with Gasteiger partial charge in [-0.3, -0.25) is 0 Å². The SMILES string of the molecule is Cc1cc(F)cc(-n2nncc2CNCC(C)C)c1. The van der Waals surface area contributed by atoms with Crippen LogP contribution in [0.1, 0.15) is 25.1 Å². The molecule has 0 atom stereocenters. The molecule has 4 nitrogen and oxygen atoms in total. The van der Waals surface area contributed by atoms with Crippen LogP contribution in [0.2, 0.25) is 0 Å². The highest BCUT2D eigenvalue weighted by molar-refractivity contribution is 5.36. The molecule has 1 aromatic carbocycles. The third kappa shape index (κ3) is 3.61. The molecule has 0 saturated heterocycles. The summed E-state index contributed by atoms with van der Waals surface area (Å²) in [5.74, 6) is 0.326. The second kappa shape index (κ2) is 5.93. The molecule has 0 aliphatic rings. The van der Waals surface area contributed by atoms with E-state index in [1.807, 2.05) is 13.0 Å². The number of aromatic nitrogens is 3. The summed E-state index contributed by atoms with van der Waals surface area (Å²) in [7, 11) is 0. The lowest BCUT2D eigenvalue weighted by Crippen LogP contribution is -2.20. The molecule has 0 aliphatic heterocycles. The highest BCUT2D eigenvalue weighted by Gasteiger charge is 2.08. The highest BCUT2D eigenvalue weighted by atomic mass is 19.1. The first-order valence-electron chi connectivity index (χ1n) is 6.44. The van der Waals surface area contributed by atoms with E-state index in [4.69, 9.17) is 0 Å². The van der Waals surface area contributed by atoms with Crippen molar-refractivity contribution in [3.8, 4) is 5.69 Å². The predicted molar refractivity (Wildman–Crippen MR) is 72.6 cm³/mol. The molecular weight excluding hydrogens is 243 g/mol. The number of nitrogens with one attached hydrogen (secondary N) is 1. The first kappa shape index (κ1) is 13.7. The minimum absolute atomic E-state index is 0.258. The van der Waals surface area contributed by atoms with E-state index in [2.05, 4.69) is 29.5 Å². The molecule has 0 fully saturated rings. The quantitative estimate of drug-likeness (QED) is 0.900. The van der Waals surface area contributed by atoms with E-state index >= 15 is 0 Å². The molecule has 5 heteroatoms. The van der Waals surface area contributed by atoms with Gasteiger partial charge in [0.2, 0.25) is 0 Å². The van der Waals surface area contributed by atoms with Crippen LogP contribution in [-0.2, 0) is 6.54 Å². The fourth-order valence-corrected chi connectivity index (χ4v) is 1.92. The number of aryl methyl sites for hydroxylation is 1. The van der Waals surface area contributed by atoms with Crippen molar-refractivity contribution in [3.63, 3.8) is 0 Å². The third-order valence-electron chi connectivity index (χ3n) is 2.75. The summed E-state index contributed by atoms with van der Waals surface area (Å²) in [5.41, 5.74) is 2.49. The van der Waals surface area contributed by atoms with Gasteiger partial charge in [-0.2, -0.15) is 0 Å². The van der Waals surface area contributed by atoms with Crippen LogP contribution >= 0.6 is 0 Å². The van der Waals surface area contributed by atoms with Crippen LogP contribution in [0.25, 0.3) is 5.69 Å². The van der Waals surface area contributed by atoms with E-state index in [1.165, 1.54) is 12.1 Å². The number of hydrogen-bond donors (Lipinski definition) is 1. The molecule has 2 rings (SSSR count). The fraction of sp³-hybridized carbons (Fsp3) is 0.429. The molecule has 2 aromatic rings. The lowest BCUT2D eigenvalue weighted by atomic mass is 10.2. The molecule has 19 heavy (non-hydrogen) atoms. The van der Waals surface area contributed by atoms with Crippen LogP contribution in [0.3, 0.4) is 0 Å². The Balaban J connectivity index is 2.18. The molecule has 1 aromatic heterocycles. The average molecular weight is 262 g/mol. The molecular formula is C14H19FN4. The van der Waals surface area contributed by atoms with Crippen LogP contribution in [-0.4, -0.2) is 21.5 Å². The topological polar surface area (TPSA) is 42.7 Å². The van der Waals surface area contributed by atoms with Gasteiger partial charge in [-0.1, -0.05) is 19.1 Å². The summed E-state index contributed by atoms with van der Waals surface area (Å²) >= 11 is 0. The Kier molecular flexibility index (Phi) is 4.27. The van der Waals surface area contributed by atoms with Gasteiger partial charge >= 0.3 is 0 Å². The summed E-state index contributed by atoms with van der Waals surface area (Å²) in [5, 5.41) is 11.3. The zero-order chi connectivity index (χ0) is 13.8. The molecule has 0 aliphatic carbocycles. The first-order chi connectivity index (χ1) is 9.06. The maximum Gasteiger partial charge on any atom is 0.125 e. The molecule has 0 radical (unpaired) electrons. The molecule has 102 valence electrons. The fourth-order valence-electron chi connectivity index (χ4n) is 1.92. The highest BCUT2D eigenvalue weighted by Crippen LogP contribution is 2.14. The van der Waals surface area contributed by atoms with Gasteiger partial charge in [0.05, 0.1) is 17.6 Å². The Morgan fingerprint density at radius 1 is 1.32 bits per heavy atom. The number of hydrogen-bond acceptors (Lipinski definition) is 3. The summed E-state index contributed by atoms with van der Waals surface area (Å²) in [6, 6.07) is 4.86. The normalized spacial score (nSPS) is 11.2. The van der Waals surface area contributed by atoms with Gasteiger partial charge in [-0.05, 0) is 43.1 Å². The second-order valence-electron chi connectivity index (χ2n) is 5.15. The van der Waals surface area contributed by atoms with Crippen LogP contribution < -0.4 is 5.32 Å². The number of benzene rings is 1. The summed E-state index contributed by atoms with van der Waals surface area (Å²) in [6.45, 7) is 7.76. The van der Waals surface area contributed by atoms with Crippen molar-refractivity contribution in [2.75, 3.05) is 6.54 Å². The van der Waals surface area contributed by atoms with Gasteiger partial charge < -0.3 is 5.32 Å². The number of nitrogens with zero attached hydrogens (tertiary/aromatic N) is 3. The maximum absolute atomic E-state index is 13.4. The number of halogens is 1. The van der Waals surface area contributed by atoms with E-state index < -0.39 is 0 Å². The van der Waals surface area contributed by atoms with E-state index in [-0.39, 0.29) is 5.82 Å². The summed E-state index contributed by atoms with van der Waals surface area (Å²) < 4.78 is 15.1. The molecule has 0 spiro atoms. The van der Waals surface area contributed by atoms with Crippen molar-refractivity contribution in [2.24, 2.45) is 5.92 Å². The lowest BCUT2D eigenvalue weighted by molar-refractivity contribution is 0.542. The van der Waals surface area contributed by atoms with Gasteiger partial charge in [-0.15, -0.1) is 5.10 Å². The van der Waals surface area contributed by atoms with Crippen LogP contribution in [0.5, 0.6) is 0 Å². The van der Waals surface area contributed by atoms with E-state index in [0.717, 1.165) is 17.8 Å². The van der Waals surface area contributed by atoms with Crippen molar-refractivity contribution in [2.45, 2.75) is 27.3 Å². The summed E-state index contributed by atoms with van der Waals surface area (Å²) in [6.07, 6.45) is 1.70. The van der Waals surface area contributed by atoms with E-state index in [1.54, 1.807) is 10.9 Å². The minimum Gasteiger partial charge on any atom is -0.311 e. The van der Waals surface area contributed by atoms with E-state index in [0.29, 0.717) is 18.2 Å². The van der Waals surface area contributed by atoms with Crippen molar-refractivity contribution in [1.82, 2.24) is 20.3 Å². The first-order valence-corrected chi connectivity index (χ1v) is 6.44. The van der Waals surface area contributed by atoms with Gasteiger partial charge in [0.15, 0.2) is 0 Å². The van der Waals surface area contributed by atoms with Crippen molar-refractivity contribution in [3.05, 3.63) is 41.5 Å². The number of rotatable bonds is 5. The monoisotopic (exact) mass is 262 g/mol. The zero-order valence-electron chi connectivity index (χ0n) is 11.5. The zero-order valence-corrected chi connectivity index (χ0v) is 11.5. The molecule has 0 saturated carbocycles. The van der Waals surface area contributed by atoms with Crippen molar-refractivity contribution < 1.29 is 4.39 Å². The smallest absolute Gasteiger partial charge is 0.125 e. The lowest BCUT2D eigenvalue weighted by Gasteiger charge is -2.09. The molecule has 0 unspecified atom stereocenters. The Hall–Kier alpha value is -1.75. The Labute approximate surface area is 112 Å². The third-order valence-corrected chi connectivity index (χ3v) is 2.75. The molecule has 0 amide bonds. The minimum atomic E-state index is -0.258. The molecule has 1 N–H and O–H groups in total. The largest absolute Gasteiger partial charge is 0.311 e. The van der Waals surface area contributed by atoms with Gasteiger partial charge in [0.25, 0.3) is 0 Å². The summed E-state index contributed by atoms with van der Waals surface area (Å²) in [4.78, 5) is 0. The van der Waals surface area contributed by atoms with Crippen LogP contribution in [0.15, 0.2) is 24.4 Å². The van der Waals surface area contributed by atoms with Crippen molar-refractivity contribution >= 4 is 0 Å². The average Bonchev–Trinajstić information content (AvgIpc) is 2.75. The Bertz CT molecular complexity index is 528. The molecule has 0 bridgehead atoms. The van der Waals surface area contributed by atoms with E-state index in [9.17, 15) is 4.39 Å².